The summed E-state index contributed by atoms with van der Waals surface area (Å²) >= 11 is 1.41. The highest BCUT2D eigenvalue weighted by Gasteiger charge is 2.16. The van der Waals surface area contributed by atoms with Crippen LogP contribution in [0.4, 0.5) is 0 Å². The molecule has 26 heavy (non-hydrogen) atoms. The zero-order valence-corrected chi connectivity index (χ0v) is 16.0. The Bertz CT molecular complexity index is 873. The van der Waals surface area contributed by atoms with E-state index in [2.05, 4.69) is 10.2 Å². The molecular formula is C19H22N4O2S. The van der Waals surface area contributed by atoms with E-state index in [0.29, 0.717) is 12.3 Å². The third kappa shape index (κ3) is 4.16. The second-order valence-corrected chi connectivity index (χ2v) is 6.91. The zero-order chi connectivity index (χ0) is 18.5. The van der Waals surface area contributed by atoms with Gasteiger partial charge in [-0.05, 0) is 26.0 Å². The summed E-state index contributed by atoms with van der Waals surface area (Å²) in [5.74, 6) is 2.79. The van der Waals surface area contributed by atoms with E-state index in [1.165, 1.54) is 11.8 Å². The van der Waals surface area contributed by atoms with Crippen LogP contribution in [0.1, 0.15) is 18.4 Å². The quantitative estimate of drug-likeness (QED) is 0.595. The summed E-state index contributed by atoms with van der Waals surface area (Å²) in [6, 6.07) is 13.7. The molecule has 0 spiro atoms. The normalized spacial score (nSPS) is 10.9. The molecule has 0 aliphatic rings. The predicted molar refractivity (Wildman–Crippen MR) is 102 cm³/mol. The topological polar surface area (TPSA) is 64.2 Å². The van der Waals surface area contributed by atoms with Gasteiger partial charge in [-0.15, -0.1) is 10.2 Å². The summed E-state index contributed by atoms with van der Waals surface area (Å²) in [5.41, 5.74) is 1.02. The fourth-order valence-electron chi connectivity index (χ4n) is 2.61. The minimum Gasteiger partial charge on any atom is -0.464 e. The van der Waals surface area contributed by atoms with Crippen molar-refractivity contribution in [2.75, 3.05) is 12.8 Å². The van der Waals surface area contributed by atoms with Crippen LogP contribution in [0.5, 0.6) is 0 Å². The molecule has 0 unspecified atom stereocenters. The van der Waals surface area contributed by atoms with Gasteiger partial charge in [-0.1, -0.05) is 42.1 Å². The first-order chi connectivity index (χ1) is 12.6. The highest BCUT2D eigenvalue weighted by Crippen LogP contribution is 2.24. The van der Waals surface area contributed by atoms with Crippen molar-refractivity contribution in [1.82, 2.24) is 19.7 Å². The van der Waals surface area contributed by atoms with Crippen molar-refractivity contribution in [1.29, 1.82) is 0 Å². The van der Waals surface area contributed by atoms with E-state index in [-0.39, 0.29) is 5.91 Å². The maximum absolute atomic E-state index is 12.4. The molecule has 6 nitrogen and oxygen atoms in total. The molecule has 1 aromatic carbocycles. The lowest BCUT2D eigenvalue weighted by atomic mass is 10.2. The molecule has 0 bridgehead atoms. The molecular weight excluding hydrogens is 348 g/mol. The summed E-state index contributed by atoms with van der Waals surface area (Å²) < 4.78 is 7.56. The molecule has 0 saturated heterocycles. The molecule has 0 aliphatic heterocycles. The number of aryl methyl sites for hydroxylation is 1. The van der Waals surface area contributed by atoms with Crippen molar-refractivity contribution < 1.29 is 9.21 Å². The molecule has 0 radical (unpaired) electrons. The average molecular weight is 370 g/mol. The third-order valence-corrected chi connectivity index (χ3v) is 4.96. The van der Waals surface area contributed by atoms with E-state index >= 15 is 0 Å². The van der Waals surface area contributed by atoms with E-state index in [0.717, 1.165) is 34.6 Å². The van der Waals surface area contributed by atoms with E-state index < -0.39 is 0 Å². The first kappa shape index (κ1) is 18.3. The van der Waals surface area contributed by atoms with Gasteiger partial charge in [0.05, 0.1) is 12.3 Å². The molecule has 0 aliphatic carbocycles. The number of benzene rings is 1. The Hall–Kier alpha value is -2.54. The highest BCUT2D eigenvalue weighted by molar-refractivity contribution is 7.99. The number of carbonyl (C=O) groups excluding carboxylic acids is 1. The Labute approximate surface area is 157 Å². The van der Waals surface area contributed by atoms with Crippen molar-refractivity contribution >= 4 is 17.7 Å². The van der Waals surface area contributed by atoms with Crippen LogP contribution in [0.15, 0.2) is 52.0 Å². The first-order valence-electron chi connectivity index (χ1n) is 8.49. The lowest BCUT2D eigenvalue weighted by Crippen LogP contribution is -2.27. The minimum absolute atomic E-state index is 0.0240. The molecule has 2 heterocycles. The van der Waals surface area contributed by atoms with Gasteiger partial charge in [0, 0.05) is 19.2 Å². The van der Waals surface area contributed by atoms with E-state index in [4.69, 9.17) is 4.42 Å². The van der Waals surface area contributed by atoms with Gasteiger partial charge >= 0.3 is 0 Å². The van der Waals surface area contributed by atoms with Crippen LogP contribution in [-0.4, -0.2) is 38.4 Å². The highest BCUT2D eigenvalue weighted by atomic mass is 32.2. The number of thioether (sulfide) groups is 1. The van der Waals surface area contributed by atoms with Gasteiger partial charge < -0.3 is 13.9 Å². The van der Waals surface area contributed by atoms with E-state index in [1.54, 1.807) is 11.9 Å². The summed E-state index contributed by atoms with van der Waals surface area (Å²) in [6.07, 6.45) is 0. The first-order valence-corrected chi connectivity index (χ1v) is 9.47. The fraction of sp³-hybridized carbons (Fsp3) is 0.316. The van der Waals surface area contributed by atoms with Crippen LogP contribution < -0.4 is 0 Å². The fourth-order valence-corrected chi connectivity index (χ4v) is 3.55. The van der Waals surface area contributed by atoms with Gasteiger partial charge in [0.2, 0.25) is 5.91 Å². The third-order valence-electron chi connectivity index (χ3n) is 4.00. The number of aromatic nitrogens is 3. The standard InChI is InChI=1S/C19H22N4O2S/c1-4-23-18(15-8-6-5-7-9-15)20-21-19(23)26-13-17(24)22(3)12-16-11-10-14(2)25-16/h5-11H,4,12-13H2,1-3H3. The Morgan fingerprint density at radius 1 is 1.19 bits per heavy atom. The molecule has 3 rings (SSSR count). The summed E-state index contributed by atoms with van der Waals surface area (Å²) in [5, 5.41) is 9.32. The van der Waals surface area contributed by atoms with Gasteiger partial charge in [-0.25, -0.2) is 0 Å². The Kier molecular flexibility index (Phi) is 5.78. The molecule has 0 saturated carbocycles. The van der Waals surface area contributed by atoms with Crippen LogP contribution in [0, 0.1) is 6.92 Å². The number of hydrogen-bond acceptors (Lipinski definition) is 5. The molecule has 0 N–H and O–H groups in total. The molecule has 2 aromatic heterocycles. The number of nitrogens with zero attached hydrogens (tertiary/aromatic N) is 4. The van der Waals surface area contributed by atoms with Crippen molar-refractivity contribution in [3.63, 3.8) is 0 Å². The van der Waals surface area contributed by atoms with Gasteiger partial charge in [0.15, 0.2) is 11.0 Å². The van der Waals surface area contributed by atoms with Gasteiger partial charge in [0.25, 0.3) is 0 Å². The lowest BCUT2D eigenvalue weighted by Gasteiger charge is -2.15. The minimum atomic E-state index is 0.0240. The van der Waals surface area contributed by atoms with Crippen LogP contribution >= 0.6 is 11.8 Å². The number of furan rings is 1. The van der Waals surface area contributed by atoms with Gasteiger partial charge in [-0.3, -0.25) is 4.79 Å². The van der Waals surface area contributed by atoms with E-state index in [9.17, 15) is 4.79 Å². The van der Waals surface area contributed by atoms with Gasteiger partial charge in [0.1, 0.15) is 11.5 Å². The van der Waals surface area contributed by atoms with Crippen molar-refractivity contribution in [2.24, 2.45) is 0 Å². The molecule has 0 atom stereocenters. The molecule has 3 aromatic rings. The van der Waals surface area contributed by atoms with Crippen LogP contribution in [0.2, 0.25) is 0 Å². The van der Waals surface area contributed by atoms with Crippen LogP contribution in [-0.2, 0) is 17.9 Å². The lowest BCUT2D eigenvalue weighted by molar-refractivity contribution is -0.127. The Morgan fingerprint density at radius 3 is 2.62 bits per heavy atom. The zero-order valence-electron chi connectivity index (χ0n) is 15.2. The molecule has 0 fully saturated rings. The van der Waals surface area contributed by atoms with Crippen LogP contribution in [0.25, 0.3) is 11.4 Å². The SMILES string of the molecule is CCn1c(SCC(=O)N(C)Cc2ccc(C)o2)nnc1-c1ccccc1. The smallest absolute Gasteiger partial charge is 0.233 e. The Balaban J connectivity index is 1.64. The maximum Gasteiger partial charge on any atom is 0.233 e. The summed E-state index contributed by atoms with van der Waals surface area (Å²) in [7, 11) is 1.78. The predicted octanol–water partition coefficient (Wildman–Crippen LogP) is 3.62. The number of hydrogen-bond donors (Lipinski definition) is 0. The van der Waals surface area contributed by atoms with E-state index in [1.807, 2.05) is 60.9 Å². The monoisotopic (exact) mass is 370 g/mol. The number of amides is 1. The largest absolute Gasteiger partial charge is 0.464 e. The maximum atomic E-state index is 12.4. The molecule has 136 valence electrons. The number of carbonyl (C=O) groups is 1. The van der Waals surface area contributed by atoms with Crippen molar-refractivity contribution in [2.45, 2.75) is 32.1 Å². The second-order valence-electron chi connectivity index (χ2n) is 5.97. The number of rotatable bonds is 7. The average Bonchev–Trinajstić information content (AvgIpc) is 3.25. The summed E-state index contributed by atoms with van der Waals surface area (Å²) in [6.45, 7) is 5.15. The van der Waals surface area contributed by atoms with Crippen molar-refractivity contribution in [3.05, 3.63) is 54.0 Å². The molecule has 1 amide bonds. The van der Waals surface area contributed by atoms with Crippen molar-refractivity contribution in [3.8, 4) is 11.4 Å². The molecule has 7 heteroatoms. The Morgan fingerprint density at radius 2 is 1.96 bits per heavy atom. The van der Waals surface area contributed by atoms with Gasteiger partial charge in [-0.2, -0.15) is 0 Å². The van der Waals surface area contributed by atoms with Crippen LogP contribution in [0.3, 0.4) is 0 Å². The second kappa shape index (κ2) is 8.23. The summed E-state index contributed by atoms with van der Waals surface area (Å²) in [4.78, 5) is 14.1.